The van der Waals surface area contributed by atoms with E-state index in [4.69, 9.17) is 10.5 Å². The second kappa shape index (κ2) is 6.29. The molecular formula is C15H17FN2O. The van der Waals surface area contributed by atoms with Gasteiger partial charge in [-0.2, -0.15) is 0 Å². The van der Waals surface area contributed by atoms with Crippen molar-refractivity contribution in [1.29, 1.82) is 0 Å². The minimum Gasteiger partial charge on any atom is -0.436 e. The van der Waals surface area contributed by atoms with E-state index < -0.39 is 5.82 Å². The molecule has 0 radical (unpaired) electrons. The first-order valence-electron chi connectivity index (χ1n) is 6.34. The Morgan fingerprint density at radius 1 is 1.21 bits per heavy atom. The molecule has 0 amide bonds. The summed E-state index contributed by atoms with van der Waals surface area (Å²) in [5.41, 5.74) is 7.07. The molecule has 1 aromatic heterocycles. The van der Waals surface area contributed by atoms with Crippen LogP contribution in [0.25, 0.3) is 0 Å². The van der Waals surface area contributed by atoms with Gasteiger partial charge in [0.25, 0.3) is 5.88 Å². The van der Waals surface area contributed by atoms with Gasteiger partial charge in [0.05, 0.1) is 0 Å². The molecule has 0 fully saturated rings. The van der Waals surface area contributed by atoms with Gasteiger partial charge in [0.15, 0.2) is 5.82 Å². The maximum atomic E-state index is 13.9. The second-order valence-corrected chi connectivity index (χ2v) is 4.29. The minimum absolute atomic E-state index is 0.0359. The lowest BCUT2D eigenvalue weighted by Gasteiger charge is -2.08. The van der Waals surface area contributed by atoms with E-state index in [1.807, 2.05) is 24.3 Å². The Kier molecular flexibility index (Phi) is 4.47. The first kappa shape index (κ1) is 13.5. The largest absolute Gasteiger partial charge is 0.436 e. The Morgan fingerprint density at radius 3 is 2.58 bits per heavy atom. The number of pyridine rings is 1. The number of nitrogens with two attached hydrogens (primary N) is 1. The number of halogens is 1. The van der Waals surface area contributed by atoms with Crippen LogP contribution < -0.4 is 10.5 Å². The molecule has 2 N–H and O–H groups in total. The van der Waals surface area contributed by atoms with Crippen LogP contribution in [-0.2, 0) is 13.0 Å². The summed E-state index contributed by atoms with van der Waals surface area (Å²) in [4.78, 5) is 3.89. The molecule has 4 heteroatoms. The number of ether oxygens (including phenoxy) is 1. The van der Waals surface area contributed by atoms with Gasteiger partial charge in [0.1, 0.15) is 5.75 Å². The highest BCUT2D eigenvalue weighted by atomic mass is 19.1. The molecule has 0 bridgehead atoms. The molecule has 19 heavy (non-hydrogen) atoms. The Labute approximate surface area is 112 Å². The number of benzene rings is 1. The maximum absolute atomic E-state index is 13.9. The van der Waals surface area contributed by atoms with Gasteiger partial charge in [0.2, 0.25) is 0 Å². The molecule has 1 heterocycles. The maximum Gasteiger partial charge on any atom is 0.256 e. The van der Waals surface area contributed by atoms with Gasteiger partial charge in [0, 0.05) is 18.3 Å². The lowest BCUT2D eigenvalue weighted by molar-refractivity contribution is 0.419. The van der Waals surface area contributed by atoms with Gasteiger partial charge >= 0.3 is 0 Å². The fourth-order valence-electron chi connectivity index (χ4n) is 1.82. The van der Waals surface area contributed by atoms with Crippen molar-refractivity contribution in [3.8, 4) is 11.6 Å². The topological polar surface area (TPSA) is 48.1 Å². The van der Waals surface area contributed by atoms with E-state index in [0.717, 1.165) is 12.8 Å². The third kappa shape index (κ3) is 3.29. The molecule has 3 nitrogen and oxygen atoms in total. The normalized spacial score (nSPS) is 10.5. The van der Waals surface area contributed by atoms with Gasteiger partial charge in [-0.25, -0.2) is 9.37 Å². The van der Waals surface area contributed by atoms with E-state index in [2.05, 4.69) is 11.9 Å². The summed E-state index contributed by atoms with van der Waals surface area (Å²) < 4.78 is 19.3. The number of rotatable bonds is 5. The van der Waals surface area contributed by atoms with E-state index in [1.165, 1.54) is 11.8 Å². The lowest BCUT2D eigenvalue weighted by Crippen LogP contribution is -2.02. The second-order valence-electron chi connectivity index (χ2n) is 4.29. The zero-order valence-electron chi connectivity index (χ0n) is 10.9. The van der Waals surface area contributed by atoms with Crippen molar-refractivity contribution < 1.29 is 9.13 Å². The summed E-state index contributed by atoms with van der Waals surface area (Å²) in [5.74, 6) is 0.0363. The fraction of sp³-hybridized carbons (Fsp3) is 0.267. The third-order valence-electron chi connectivity index (χ3n) is 2.83. The standard InChI is InChI=1S/C15H17FN2O/c1-2-3-11-4-6-13(7-5-11)19-15-14(16)12(10-17)8-9-18-15/h4-9H,2-3,10,17H2,1H3. The molecule has 0 atom stereocenters. The van der Waals surface area contributed by atoms with Crippen LogP contribution in [0.2, 0.25) is 0 Å². The molecule has 2 rings (SSSR count). The molecule has 100 valence electrons. The number of nitrogens with zero attached hydrogens (tertiary/aromatic N) is 1. The van der Waals surface area contributed by atoms with Crippen LogP contribution in [0, 0.1) is 5.82 Å². The van der Waals surface area contributed by atoms with Crippen LogP contribution in [0.5, 0.6) is 11.6 Å². The van der Waals surface area contributed by atoms with Crippen molar-refractivity contribution in [1.82, 2.24) is 4.98 Å². The van der Waals surface area contributed by atoms with Gasteiger partial charge in [-0.05, 0) is 30.2 Å². The first-order chi connectivity index (χ1) is 9.24. The highest BCUT2D eigenvalue weighted by Crippen LogP contribution is 2.24. The van der Waals surface area contributed by atoms with Crippen molar-refractivity contribution >= 4 is 0 Å². The zero-order chi connectivity index (χ0) is 13.7. The van der Waals surface area contributed by atoms with Crippen molar-refractivity contribution in [3.05, 3.63) is 53.5 Å². The first-order valence-corrected chi connectivity index (χ1v) is 6.34. The minimum atomic E-state index is -0.498. The van der Waals surface area contributed by atoms with Gasteiger partial charge < -0.3 is 10.5 Å². The Bertz CT molecular complexity index is 540. The van der Waals surface area contributed by atoms with Gasteiger partial charge in [-0.3, -0.25) is 0 Å². The Morgan fingerprint density at radius 2 is 1.95 bits per heavy atom. The molecule has 0 aliphatic rings. The zero-order valence-corrected chi connectivity index (χ0v) is 10.9. The third-order valence-corrected chi connectivity index (χ3v) is 2.83. The van der Waals surface area contributed by atoms with Crippen LogP contribution in [0.3, 0.4) is 0 Å². The highest BCUT2D eigenvalue weighted by molar-refractivity contribution is 5.32. The SMILES string of the molecule is CCCc1ccc(Oc2nccc(CN)c2F)cc1. The Balaban J connectivity index is 2.16. The molecule has 0 aliphatic carbocycles. The molecular weight excluding hydrogens is 243 g/mol. The van der Waals surface area contributed by atoms with Crippen molar-refractivity contribution in [3.63, 3.8) is 0 Å². The van der Waals surface area contributed by atoms with E-state index in [1.54, 1.807) is 6.07 Å². The van der Waals surface area contributed by atoms with Crippen LogP contribution in [0.4, 0.5) is 4.39 Å². The van der Waals surface area contributed by atoms with Crippen LogP contribution in [-0.4, -0.2) is 4.98 Å². The summed E-state index contributed by atoms with van der Waals surface area (Å²) in [6, 6.07) is 9.14. The molecule has 1 aromatic carbocycles. The summed E-state index contributed by atoms with van der Waals surface area (Å²) in [5, 5.41) is 0. The lowest BCUT2D eigenvalue weighted by atomic mass is 10.1. The molecule has 0 aliphatic heterocycles. The van der Waals surface area contributed by atoms with E-state index >= 15 is 0 Å². The molecule has 0 spiro atoms. The molecule has 0 saturated heterocycles. The predicted molar refractivity (Wildman–Crippen MR) is 72.6 cm³/mol. The Hall–Kier alpha value is -1.94. The number of hydrogen-bond acceptors (Lipinski definition) is 3. The van der Waals surface area contributed by atoms with E-state index in [0.29, 0.717) is 11.3 Å². The van der Waals surface area contributed by atoms with Crippen molar-refractivity contribution in [2.45, 2.75) is 26.3 Å². The summed E-state index contributed by atoms with van der Waals surface area (Å²) in [6.45, 7) is 2.25. The summed E-state index contributed by atoms with van der Waals surface area (Å²) in [7, 11) is 0. The summed E-state index contributed by atoms with van der Waals surface area (Å²) in [6.07, 6.45) is 3.61. The predicted octanol–water partition coefficient (Wildman–Crippen LogP) is 3.42. The monoisotopic (exact) mass is 260 g/mol. The van der Waals surface area contributed by atoms with Gasteiger partial charge in [-0.15, -0.1) is 0 Å². The van der Waals surface area contributed by atoms with Crippen LogP contribution in [0.1, 0.15) is 24.5 Å². The average molecular weight is 260 g/mol. The van der Waals surface area contributed by atoms with Crippen molar-refractivity contribution in [2.75, 3.05) is 0 Å². The van der Waals surface area contributed by atoms with Crippen molar-refractivity contribution in [2.24, 2.45) is 5.73 Å². The quantitative estimate of drug-likeness (QED) is 0.896. The van der Waals surface area contributed by atoms with Gasteiger partial charge in [-0.1, -0.05) is 25.5 Å². The number of hydrogen-bond donors (Lipinski definition) is 1. The average Bonchev–Trinajstić information content (AvgIpc) is 2.43. The van der Waals surface area contributed by atoms with E-state index in [9.17, 15) is 4.39 Å². The van der Waals surface area contributed by atoms with Crippen LogP contribution in [0.15, 0.2) is 36.5 Å². The van der Waals surface area contributed by atoms with E-state index in [-0.39, 0.29) is 12.4 Å². The highest BCUT2D eigenvalue weighted by Gasteiger charge is 2.10. The fourth-order valence-corrected chi connectivity index (χ4v) is 1.82. The number of aryl methyl sites for hydroxylation is 1. The summed E-state index contributed by atoms with van der Waals surface area (Å²) >= 11 is 0. The van der Waals surface area contributed by atoms with Crippen LogP contribution >= 0.6 is 0 Å². The number of aromatic nitrogens is 1. The molecule has 2 aromatic rings. The smallest absolute Gasteiger partial charge is 0.256 e. The molecule has 0 saturated carbocycles. The molecule has 0 unspecified atom stereocenters.